The average Bonchev–Trinajstić information content (AvgIpc) is 2.51. The van der Waals surface area contributed by atoms with E-state index in [-0.39, 0.29) is 5.78 Å². The van der Waals surface area contributed by atoms with E-state index in [1.807, 2.05) is 12.1 Å². The van der Waals surface area contributed by atoms with Gasteiger partial charge in [-0.3, -0.25) is 4.79 Å². The highest BCUT2D eigenvalue weighted by Crippen LogP contribution is 2.32. The number of ether oxygens (including phenoxy) is 2. The predicted molar refractivity (Wildman–Crippen MR) is 76.6 cm³/mol. The summed E-state index contributed by atoms with van der Waals surface area (Å²) in [7, 11) is 3.12. The van der Waals surface area contributed by atoms with Crippen molar-refractivity contribution in [3.05, 3.63) is 40.8 Å². The quantitative estimate of drug-likeness (QED) is 0.620. The molecule has 2 aromatic carbocycles. The molecule has 5 nitrogen and oxygen atoms in total. The zero-order chi connectivity index (χ0) is 14.7. The number of benzene rings is 2. The standard InChI is InChI=1S/C15H15NO4/c1-9(16-18)15(17)11-5-4-10-7-13(19-2)14(20-3)8-12(10)6-11/h4-9H,1-3H3. The molecule has 1 unspecified atom stereocenters. The van der Waals surface area contributed by atoms with Crippen LogP contribution in [-0.2, 0) is 0 Å². The monoisotopic (exact) mass is 273 g/mol. The summed E-state index contributed by atoms with van der Waals surface area (Å²) >= 11 is 0. The van der Waals surface area contributed by atoms with E-state index < -0.39 is 6.04 Å². The van der Waals surface area contributed by atoms with Gasteiger partial charge in [0.15, 0.2) is 23.3 Å². The van der Waals surface area contributed by atoms with Crippen LogP contribution in [0.4, 0.5) is 0 Å². The largest absolute Gasteiger partial charge is 0.493 e. The Labute approximate surface area is 116 Å². The lowest BCUT2D eigenvalue weighted by molar-refractivity contribution is 0.0968. The summed E-state index contributed by atoms with van der Waals surface area (Å²) in [6.07, 6.45) is 0. The van der Waals surface area contributed by atoms with Crippen molar-refractivity contribution in [1.82, 2.24) is 0 Å². The van der Waals surface area contributed by atoms with Gasteiger partial charge in [0.25, 0.3) is 0 Å². The Morgan fingerprint density at radius 1 is 1.05 bits per heavy atom. The Morgan fingerprint density at radius 2 is 1.65 bits per heavy atom. The van der Waals surface area contributed by atoms with Crippen LogP contribution in [-0.4, -0.2) is 26.0 Å². The molecule has 5 heteroatoms. The first kappa shape index (κ1) is 14.0. The first-order valence-electron chi connectivity index (χ1n) is 6.13. The van der Waals surface area contributed by atoms with Crippen molar-refractivity contribution in [2.75, 3.05) is 14.2 Å². The molecule has 104 valence electrons. The highest BCUT2D eigenvalue weighted by molar-refractivity contribution is 6.03. The highest BCUT2D eigenvalue weighted by Gasteiger charge is 2.16. The summed E-state index contributed by atoms with van der Waals surface area (Å²) in [6.45, 7) is 1.48. The van der Waals surface area contributed by atoms with Gasteiger partial charge in [-0.15, -0.1) is 0 Å². The Hall–Kier alpha value is -2.43. The summed E-state index contributed by atoms with van der Waals surface area (Å²) in [5, 5.41) is 4.52. The van der Waals surface area contributed by atoms with E-state index in [1.54, 1.807) is 32.4 Å². The zero-order valence-electron chi connectivity index (χ0n) is 11.5. The van der Waals surface area contributed by atoms with Gasteiger partial charge in [0.05, 0.1) is 14.2 Å². The van der Waals surface area contributed by atoms with Gasteiger partial charge in [0.2, 0.25) is 0 Å². The fourth-order valence-corrected chi connectivity index (χ4v) is 2.02. The smallest absolute Gasteiger partial charge is 0.190 e. The van der Waals surface area contributed by atoms with Crippen LogP contribution in [0, 0.1) is 4.91 Å². The van der Waals surface area contributed by atoms with Crippen LogP contribution in [0.25, 0.3) is 10.8 Å². The molecule has 0 aliphatic rings. The summed E-state index contributed by atoms with van der Waals surface area (Å²) in [4.78, 5) is 22.4. The molecule has 2 rings (SSSR count). The van der Waals surface area contributed by atoms with Crippen molar-refractivity contribution < 1.29 is 14.3 Å². The number of nitrogens with zero attached hydrogens (tertiary/aromatic N) is 1. The van der Waals surface area contributed by atoms with Gasteiger partial charge < -0.3 is 9.47 Å². The number of Topliss-reactive ketones (excluding diaryl/α,β-unsaturated/α-hetero) is 1. The van der Waals surface area contributed by atoms with Crippen molar-refractivity contribution in [3.8, 4) is 11.5 Å². The van der Waals surface area contributed by atoms with Crippen molar-refractivity contribution >= 4 is 16.6 Å². The third-order valence-corrected chi connectivity index (χ3v) is 3.16. The number of ketones is 1. The molecule has 0 amide bonds. The molecular weight excluding hydrogens is 258 g/mol. The van der Waals surface area contributed by atoms with Crippen LogP contribution >= 0.6 is 0 Å². The maximum absolute atomic E-state index is 11.9. The minimum atomic E-state index is -0.882. The van der Waals surface area contributed by atoms with Crippen molar-refractivity contribution in [3.63, 3.8) is 0 Å². The average molecular weight is 273 g/mol. The zero-order valence-corrected chi connectivity index (χ0v) is 11.5. The fourth-order valence-electron chi connectivity index (χ4n) is 2.02. The Kier molecular flexibility index (Phi) is 3.98. The number of nitroso groups, excluding NO2 is 1. The number of carbonyl (C=O) groups is 1. The Morgan fingerprint density at radius 3 is 2.20 bits per heavy atom. The fraction of sp³-hybridized carbons (Fsp3) is 0.267. The van der Waals surface area contributed by atoms with Crippen LogP contribution in [0.2, 0.25) is 0 Å². The van der Waals surface area contributed by atoms with Crippen molar-refractivity contribution in [2.24, 2.45) is 5.18 Å². The lowest BCUT2D eigenvalue weighted by atomic mass is 10.0. The first-order chi connectivity index (χ1) is 9.60. The van der Waals surface area contributed by atoms with Crippen molar-refractivity contribution in [2.45, 2.75) is 13.0 Å². The lowest BCUT2D eigenvalue weighted by Gasteiger charge is -2.10. The topological polar surface area (TPSA) is 65.0 Å². The number of hydrogen-bond donors (Lipinski definition) is 0. The molecule has 20 heavy (non-hydrogen) atoms. The number of methoxy groups -OCH3 is 2. The van der Waals surface area contributed by atoms with Crippen LogP contribution in [0.15, 0.2) is 35.5 Å². The van der Waals surface area contributed by atoms with Crippen LogP contribution in [0.5, 0.6) is 11.5 Å². The van der Waals surface area contributed by atoms with E-state index >= 15 is 0 Å². The molecule has 0 fully saturated rings. The van der Waals surface area contributed by atoms with Crippen LogP contribution < -0.4 is 9.47 Å². The van der Waals surface area contributed by atoms with E-state index in [4.69, 9.17) is 9.47 Å². The molecule has 0 aromatic heterocycles. The van der Waals surface area contributed by atoms with E-state index in [0.717, 1.165) is 10.8 Å². The van der Waals surface area contributed by atoms with Gasteiger partial charge in [0, 0.05) is 5.56 Å². The predicted octanol–water partition coefficient (Wildman–Crippen LogP) is 3.19. The maximum atomic E-state index is 11.9. The summed E-state index contributed by atoms with van der Waals surface area (Å²) in [5.74, 6) is 0.921. The molecule has 1 atom stereocenters. The number of rotatable bonds is 5. The summed E-state index contributed by atoms with van der Waals surface area (Å²) in [5.41, 5.74) is 0.455. The van der Waals surface area contributed by atoms with Crippen molar-refractivity contribution in [1.29, 1.82) is 0 Å². The van der Waals surface area contributed by atoms with Crippen LogP contribution in [0.1, 0.15) is 17.3 Å². The molecular formula is C15H15NO4. The minimum Gasteiger partial charge on any atom is -0.493 e. The molecule has 0 bridgehead atoms. The minimum absolute atomic E-state index is 0.295. The SMILES string of the molecule is COc1cc2ccc(C(=O)C(C)N=O)cc2cc1OC. The van der Waals surface area contributed by atoms with Gasteiger partial charge in [-0.2, -0.15) is 4.91 Å². The number of fused-ring (bicyclic) bond motifs is 1. The van der Waals surface area contributed by atoms with Gasteiger partial charge in [-0.05, 0) is 35.9 Å². The molecule has 0 radical (unpaired) electrons. The molecule has 0 aliphatic heterocycles. The second-order valence-electron chi connectivity index (χ2n) is 4.41. The van der Waals surface area contributed by atoms with Gasteiger partial charge in [-0.25, -0.2) is 0 Å². The second kappa shape index (κ2) is 5.69. The number of hydrogen-bond acceptors (Lipinski definition) is 5. The normalized spacial score (nSPS) is 11.9. The molecule has 0 N–H and O–H groups in total. The van der Waals surface area contributed by atoms with E-state index in [0.29, 0.717) is 17.1 Å². The third-order valence-electron chi connectivity index (χ3n) is 3.16. The van der Waals surface area contributed by atoms with Gasteiger partial charge in [-0.1, -0.05) is 17.3 Å². The van der Waals surface area contributed by atoms with Crippen LogP contribution in [0.3, 0.4) is 0 Å². The highest BCUT2D eigenvalue weighted by atomic mass is 16.5. The maximum Gasteiger partial charge on any atom is 0.190 e. The lowest BCUT2D eigenvalue weighted by Crippen LogP contribution is -2.13. The summed E-state index contributed by atoms with van der Waals surface area (Å²) < 4.78 is 10.5. The first-order valence-corrected chi connectivity index (χ1v) is 6.13. The van der Waals surface area contributed by atoms with Gasteiger partial charge in [0.1, 0.15) is 0 Å². The molecule has 2 aromatic rings. The van der Waals surface area contributed by atoms with Gasteiger partial charge >= 0.3 is 0 Å². The molecule has 0 spiro atoms. The third kappa shape index (κ3) is 2.47. The molecule has 0 saturated heterocycles. The molecule has 0 aliphatic carbocycles. The Bertz CT molecular complexity index is 666. The Balaban J connectivity index is 2.53. The number of carbonyl (C=O) groups excluding carboxylic acids is 1. The van der Waals surface area contributed by atoms with E-state index in [2.05, 4.69) is 5.18 Å². The second-order valence-corrected chi connectivity index (χ2v) is 4.41. The summed E-state index contributed by atoms with van der Waals surface area (Å²) in [6, 6.07) is 7.96. The van der Waals surface area contributed by atoms with E-state index in [1.165, 1.54) is 6.92 Å². The molecule has 0 heterocycles. The van der Waals surface area contributed by atoms with E-state index in [9.17, 15) is 9.70 Å². The molecule has 0 saturated carbocycles.